The molecule has 2 atom stereocenters. The zero-order chi connectivity index (χ0) is 8.31. The van der Waals surface area contributed by atoms with Gasteiger partial charge in [0.05, 0.1) is 0 Å². The second-order valence-electron chi connectivity index (χ2n) is 1.57. The summed E-state index contributed by atoms with van der Waals surface area (Å²) in [6, 6.07) is 0. The van der Waals surface area contributed by atoms with Gasteiger partial charge in [-0.2, -0.15) is 0 Å². The van der Waals surface area contributed by atoms with E-state index in [9.17, 15) is 9.59 Å². The van der Waals surface area contributed by atoms with Gasteiger partial charge in [-0.25, -0.2) is 9.59 Å². The van der Waals surface area contributed by atoms with Crippen LogP contribution in [0, 0.1) is 88.1 Å². The minimum Gasteiger partial charge on any atom is -0.479 e. The number of carboxylic acids is 2. The minimum atomic E-state index is -2.27. The van der Waals surface area contributed by atoms with Crippen molar-refractivity contribution in [1.29, 1.82) is 0 Å². The first-order valence-electron chi connectivity index (χ1n) is 2.28. The van der Waals surface area contributed by atoms with E-state index in [2.05, 4.69) is 0 Å². The first kappa shape index (κ1) is 19.3. The van der Waals surface area contributed by atoms with Crippen LogP contribution >= 0.6 is 0 Å². The van der Waals surface area contributed by atoms with Crippen molar-refractivity contribution in [2.24, 2.45) is 0 Å². The molecule has 6 nitrogen and oxygen atoms in total. The molecular weight excluding hydrogens is 598 g/mol. The summed E-state index contributed by atoms with van der Waals surface area (Å²) in [6.07, 6.45) is -4.53. The van der Waals surface area contributed by atoms with Gasteiger partial charge in [-0.1, -0.05) is 0 Å². The van der Waals surface area contributed by atoms with Crippen molar-refractivity contribution in [1.82, 2.24) is 0 Å². The molecule has 0 amide bonds. The van der Waals surface area contributed by atoms with Crippen molar-refractivity contribution in [2.75, 3.05) is 0 Å². The molecule has 0 bridgehead atoms. The quantitative estimate of drug-likeness (QED) is 0.293. The van der Waals surface area contributed by atoms with Crippen LogP contribution < -0.4 is 0 Å². The standard InChI is InChI=1S/C4H6O6.2Ac/c5-1(3(7)8)2(6)4(9)10;;/h1-2,5-6H,(H,7,8)(H,9,10);;. The third-order valence-corrected chi connectivity index (χ3v) is 0.805. The van der Waals surface area contributed by atoms with Gasteiger partial charge < -0.3 is 20.4 Å². The number of aliphatic hydroxyl groups excluding tert-OH is 2. The molecule has 64 valence electrons. The number of aliphatic hydroxyl groups is 2. The van der Waals surface area contributed by atoms with E-state index < -0.39 is 24.1 Å². The zero-order valence-electron chi connectivity index (χ0n) is 5.91. The smallest absolute Gasteiger partial charge is 0.335 e. The van der Waals surface area contributed by atoms with Gasteiger partial charge in [-0.15, -0.1) is 0 Å². The van der Waals surface area contributed by atoms with Gasteiger partial charge in [0, 0.05) is 88.1 Å². The van der Waals surface area contributed by atoms with Crippen LogP contribution in [0.3, 0.4) is 0 Å². The molecule has 0 heterocycles. The van der Waals surface area contributed by atoms with Crippen molar-refractivity contribution in [3.05, 3.63) is 0 Å². The zero-order valence-corrected chi connectivity index (χ0v) is 15.4. The van der Waals surface area contributed by atoms with E-state index in [4.69, 9.17) is 20.4 Å². The van der Waals surface area contributed by atoms with E-state index in [0.717, 1.165) is 0 Å². The molecule has 0 aliphatic carbocycles. The molecule has 8 heteroatoms. The fourth-order valence-corrected chi connectivity index (χ4v) is 0.270. The van der Waals surface area contributed by atoms with E-state index in [1.54, 1.807) is 0 Å². The van der Waals surface area contributed by atoms with Crippen LogP contribution in [-0.2, 0) is 9.59 Å². The van der Waals surface area contributed by atoms with E-state index in [-0.39, 0.29) is 88.1 Å². The molecule has 4 N–H and O–H groups in total. The van der Waals surface area contributed by atoms with Crippen LogP contribution in [0.5, 0.6) is 0 Å². The fourth-order valence-electron chi connectivity index (χ4n) is 0.270. The van der Waals surface area contributed by atoms with Gasteiger partial charge in [0.1, 0.15) is 0 Å². The summed E-state index contributed by atoms with van der Waals surface area (Å²) < 4.78 is 0. The SMILES string of the molecule is O=C(O)C(O)C(O)C(=O)O.[Ac].[Ac]. The van der Waals surface area contributed by atoms with Gasteiger partial charge in [-0.05, 0) is 0 Å². The summed E-state index contributed by atoms with van der Waals surface area (Å²) >= 11 is 0. The van der Waals surface area contributed by atoms with E-state index in [1.165, 1.54) is 0 Å². The normalized spacial score (nSPS) is 13.2. The fraction of sp³-hybridized carbons (Fsp3) is 0.500. The molecule has 0 aliphatic heterocycles. The van der Waals surface area contributed by atoms with Crippen LogP contribution in [0.1, 0.15) is 0 Å². The van der Waals surface area contributed by atoms with E-state index in [0.29, 0.717) is 0 Å². The Morgan fingerprint density at radius 1 is 0.833 bits per heavy atom. The van der Waals surface area contributed by atoms with Crippen molar-refractivity contribution < 1.29 is 118 Å². The topological polar surface area (TPSA) is 115 Å². The van der Waals surface area contributed by atoms with Gasteiger partial charge in [0.25, 0.3) is 0 Å². The Bertz CT molecular complexity index is 142. The molecule has 0 aromatic heterocycles. The Kier molecular flexibility index (Phi) is 15.0. The number of hydrogen-bond donors (Lipinski definition) is 4. The van der Waals surface area contributed by atoms with E-state index in [1.807, 2.05) is 0 Å². The molecule has 0 fully saturated rings. The predicted molar refractivity (Wildman–Crippen MR) is 27.3 cm³/mol. The summed E-state index contributed by atoms with van der Waals surface area (Å²) in [7, 11) is 0. The summed E-state index contributed by atoms with van der Waals surface area (Å²) in [4.78, 5) is 19.5. The summed E-state index contributed by atoms with van der Waals surface area (Å²) in [5, 5.41) is 32.5. The molecule has 0 spiro atoms. The van der Waals surface area contributed by atoms with Crippen LogP contribution in [0.4, 0.5) is 0 Å². The molecule has 12 heavy (non-hydrogen) atoms. The van der Waals surface area contributed by atoms with Crippen molar-refractivity contribution in [2.45, 2.75) is 12.2 Å². The average molecular weight is 604 g/mol. The van der Waals surface area contributed by atoms with Crippen molar-refractivity contribution >= 4 is 11.9 Å². The second kappa shape index (κ2) is 9.30. The number of carboxylic acid groups (broad SMARTS) is 2. The monoisotopic (exact) mass is 604 g/mol. The maximum atomic E-state index is 9.77. The van der Waals surface area contributed by atoms with Gasteiger partial charge >= 0.3 is 11.9 Å². The summed E-state index contributed by atoms with van der Waals surface area (Å²) in [5.41, 5.74) is 0. The maximum absolute atomic E-state index is 9.77. The molecule has 2 unspecified atom stereocenters. The largest absolute Gasteiger partial charge is 0.479 e. The van der Waals surface area contributed by atoms with Crippen LogP contribution in [-0.4, -0.2) is 44.6 Å². The molecule has 0 saturated carbocycles. The third-order valence-electron chi connectivity index (χ3n) is 0.805. The predicted octanol–water partition coefficient (Wildman–Crippen LogP) is -2.12. The molecule has 0 aliphatic rings. The second-order valence-corrected chi connectivity index (χ2v) is 1.57. The maximum Gasteiger partial charge on any atom is 0.335 e. The van der Waals surface area contributed by atoms with E-state index >= 15 is 0 Å². The number of carbonyl (C=O) groups is 2. The Labute approximate surface area is 139 Å². The first-order chi connectivity index (χ1) is 4.46. The Hall–Kier alpha value is 1.74. The number of rotatable bonds is 3. The summed E-state index contributed by atoms with van der Waals surface area (Å²) in [6.45, 7) is 0. The van der Waals surface area contributed by atoms with Crippen LogP contribution in [0.2, 0.25) is 0 Å². The van der Waals surface area contributed by atoms with Crippen molar-refractivity contribution in [3.8, 4) is 0 Å². The molecule has 0 saturated heterocycles. The van der Waals surface area contributed by atoms with Crippen LogP contribution in [0.25, 0.3) is 0 Å². The molecule has 0 aromatic rings. The first-order valence-corrected chi connectivity index (χ1v) is 2.28. The number of aliphatic carboxylic acids is 2. The molecule has 0 rings (SSSR count). The molecule has 0 aromatic carbocycles. The summed E-state index contributed by atoms with van der Waals surface area (Å²) in [5.74, 6) is -3.54. The van der Waals surface area contributed by atoms with Crippen molar-refractivity contribution in [3.63, 3.8) is 0 Å². The number of hydrogen-bond acceptors (Lipinski definition) is 4. The van der Waals surface area contributed by atoms with Gasteiger partial charge in [0.2, 0.25) is 0 Å². The average Bonchev–Trinajstić information content (AvgIpc) is 1.84. The Morgan fingerprint density at radius 2 is 1.00 bits per heavy atom. The Balaban J connectivity index is -0.000000405. The molecule has 2 radical (unpaired) electrons. The minimum absolute atomic E-state index is 0. The Morgan fingerprint density at radius 3 is 1.08 bits per heavy atom. The third kappa shape index (κ3) is 7.18. The molecular formula is C4H6Ac2O6. The van der Waals surface area contributed by atoms with Gasteiger partial charge in [0.15, 0.2) is 12.2 Å². The van der Waals surface area contributed by atoms with Crippen LogP contribution in [0.15, 0.2) is 0 Å². The van der Waals surface area contributed by atoms with Gasteiger partial charge in [-0.3, -0.25) is 0 Å².